The second kappa shape index (κ2) is 7.31. The minimum atomic E-state index is -0.214. The first-order valence-electron chi connectivity index (χ1n) is 6.96. The first kappa shape index (κ1) is 15.6. The van der Waals surface area contributed by atoms with E-state index >= 15 is 0 Å². The Morgan fingerprint density at radius 2 is 2.05 bits per heavy atom. The molecule has 21 heavy (non-hydrogen) atoms. The summed E-state index contributed by atoms with van der Waals surface area (Å²) in [5.74, 6) is 0.0595. The number of nitrogens with zero attached hydrogens (tertiary/aromatic N) is 1. The lowest BCUT2D eigenvalue weighted by Gasteiger charge is -2.06. The first-order valence-corrected chi connectivity index (χ1v) is 7.95. The van der Waals surface area contributed by atoms with Gasteiger partial charge in [0, 0.05) is 12.1 Å². The Kier molecular flexibility index (Phi) is 5.44. The molecule has 1 heterocycles. The number of thioether (sulfide) groups is 1. The van der Waals surface area contributed by atoms with Crippen LogP contribution in [-0.4, -0.2) is 27.8 Å². The van der Waals surface area contributed by atoms with Crippen molar-refractivity contribution in [1.82, 2.24) is 9.97 Å². The number of nitrogens with one attached hydrogen (secondary N) is 1. The highest BCUT2D eigenvalue weighted by Crippen LogP contribution is 2.19. The van der Waals surface area contributed by atoms with E-state index in [1.54, 1.807) is 0 Å². The van der Waals surface area contributed by atoms with Crippen LogP contribution in [0.4, 0.5) is 0 Å². The first-order chi connectivity index (χ1) is 10.0. The van der Waals surface area contributed by atoms with Gasteiger partial charge in [0.1, 0.15) is 0 Å². The monoisotopic (exact) mass is 304 g/mol. The van der Waals surface area contributed by atoms with Crippen molar-refractivity contribution >= 4 is 17.7 Å². The standard InChI is InChI=1S/C16H20N2O2S/c1-11(2)20-15(19)10-21-16-17-12(3)14(18-16)9-13-7-5-4-6-8-13/h4-8,11H,9-10H2,1-3H3,(H,17,18). The number of hydrogen-bond donors (Lipinski definition) is 1. The van der Waals surface area contributed by atoms with Crippen LogP contribution in [0.5, 0.6) is 0 Å². The van der Waals surface area contributed by atoms with E-state index in [1.165, 1.54) is 17.3 Å². The van der Waals surface area contributed by atoms with Crippen molar-refractivity contribution in [3.63, 3.8) is 0 Å². The summed E-state index contributed by atoms with van der Waals surface area (Å²) in [7, 11) is 0. The predicted octanol–water partition coefficient (Wildman–Crippen LogP) is 3.35. The van der Waals surface area contributed by atoms with Gasteiger partial charge in [-0.3, -0.25) is 4.79 Å². The smallest absolute Gasteiger partial charge is 0.316 e. The van der Waals surface area contributed by atoms with E-state index in [0.29, 0.717) is 0 Å². The van der Waals surface area contributed by atoms with Crippen LogP contribution < -0.4 is 0 Å². The van der Waals surface area contributed by atoms with E-state index in [2.05, 4.69) is 22.1 Å². The summed E-state index contributed by atoms with van der Waals surface area (Å²) in [5.41, 5.74) is 3.28. The Morgan fingerprint density at radius 3 is 2.71 bits per heavy atom. The topological polar surface area (TPSA) is 55.0 Å². The Bertz CT molecular complexity index is 594. The molecule has 0 fully saturated rings. The molecule has 0 aliphatic heterocycles. The van der Waals surface area contributed by atoms with Gasteiger partial charge in [-0.25, -0.2) is 4.98 Å². The number of ether oxygens (including phenoxy) is 1. The number of hydrogen-bond acceptors (Lipinski definition) is 4. The highest BCUT2D eigenvalue weighted by molar-refractivity contribution is 7.99. The van der Waals surface area contributed by atoms with E-state index in [4.69, 9.17) is 4.74 Å². The van der Waals surface area contributed by atoms with Crippen LogP contribution in [0.25, 0.3) is 0 Å². The van der Waals surface area contributed by atoms with Crippen LogP contribution in [-0.2, 0) is 16.0 Å². The quantitative estimate of drug-likeness (QED) is 0.657. The maximum Gasteiger partial charge on any atom is 0.316 e. The van der Waals surface area contributed by atoms with Gasteiger partial charge in [-0.2, -0.15) is 0 Å². The molecule has 0 unspecified atom stereocenters. The fraction of sp³-hybridized carbons (Fsp3) is 0.375. The van der Waals surface area contributed by atoms with Crippen molar-refractivity contribution in [1.29, 1.82) is 0 Å². The average Bonchev–Trinajstić information content (AvgIpc) is 2.77. The average molecular weight is 304 g/mol. The Balaban J connectivity index is 1.94. The van der Waals surface area contributed by atoms with Gasteiger partial charge in [-0.15, -0.1) is 0 Å². The lowest BCUT2D eigenvalue weighted by molar-refractivity contribution is -0.144. The molecular formula is C16H20N2O2S. The molecule has 1 N–H and O–H groups in total. The molecule has 112 valence electrons. The van der Waals surface area contributed by atoms with Crippen LogP contribution >= 0.6 is 11.8 Å². The summed E-state index contributed by atoms with van der Waals surface area (Å²) >= 11 is 1.37. The molecule has 0 amide bonds. The van der Waals surface area contributed by atoms with Gasteiger partial charge >= 0.3 is 5.97 Å². The number of aromatic amines is 1. The zero-order valence-corrected chi connectivity index (χ0v) is 13.4. The number of rotatable bonds is 6. The number of aromatic nitrogens is 2. The molecule has 4 nitrogen and oxygen atoms in total. The zero-order valence-electron chi connectivity index (χ0n) is 12.6. The lowest BCUT2D eigenvalue weighted by atomic mass is 10.1. The molecule has 0 saturated carbocycles. The summed E-state index contributed by atoms with van der Waals surface area (Å²) in [6.07, 6.45) is 0.713. The van der Waals surface area contributed by atoms with Gasteiger partial charge in [0.15, 0.2) is 5.16 Å². The number of carbonyl (C=O) groups excluding carboxylic acids is 1. The van der Waals surface area contributed by atoms with Crippen molar-refractivity contribution in [3.8, 4) is 0 Å². The van der Waals surface area contributed by atoms with Crippen molar-refractivity contribution in [2.24, 2.45) is 0 Å². The van der Waals surface area contributed by atoms with Crippen molar-refractivity contribution in [3.05, 3.63) is 47.3 Å². The van der Waals surface area contributed by atoms with Crippen LogP contribution in [0.15, 0.2) is 35.5 Å². The molecule has 0 aliphatic rings. The molecule has 0 radical (unpaired) electrons. The van der Waals surface area contributed by atoms with Crippen LogP contribution in [0.2, 0.25) is 0 Å². The van der Waals surface area contributed by atoms with E-state index in [0.717, 1.165) is 23.0 Å². The van der Waals surface area contributed by atoms with Gasteiger partial charge in [0.2, 0.25) is 0 Å². The molecular weight excluding hydrogens is 284 g/mol. The Labute approximate surface area is 129 Å². The zero-order chi connectivity index (χ0) is 15.2. The predicted molar refractivity (Wildman–Crippen MR) is 84.5 cm³/mol. The highest BCUT2D eigenvalue weighted by Gasteiger charge is 2.11. The van der Waals surface area contributed by atoms with E-state index < -0.39 is 0 Å². The number of imidazole rings is 1. The summed E-state index contributed by atoms with van der Waals surface area (Å²) in [6, 6.07) is 10.2. The van der Waals surface area contributed by atoms with Crippen LogP contribution in [0.3, 0.4) is 0 Å². The van der Waals surface area contributed by atoms with Gasteiger partial charge in [0.05, 0.1) is 17.6 Å². The Hall–Kier alpha value is -1.75. The Morgan fingerprint density at radius 1 is 1.33 bits per heavy atom. The minimum absolute atomic E-state index is 0.0786. The highest BCUT2D eigenvalue weighted by atomic mass is 32.2. The molecule has 0 atom stereocenters. The third-order valence-electron chi connectivity index (χ3n) is 2.87. The number of esters is 1. The SMILES string of the molecule is Cc1[nH]c(SCC(=O)OC(C)C)nc1Cc1ccccc1. The molecule has 0 bridgehead atoms. The van der Waals surface area contributed by atoms with Crippen molar-refractivity contribution in [2.75, 3.05) is 5.75 Å². The fourth-order valence-electron chi connectivity index (χ4n) is 1.92. The van der Waals surface area contributed by atoms with Gasteiger partial charge in [-0.05, 0) is 26.3 Å². The normalized spacial score (nSPS) is 10.9. The van der Waals surface area contributed by atoms with E-state index in [1.807, 2.05) is 39.0 Å². The molecule has 1 aromatic carbocycles. The number of benzene rings is 1. The van der Waals surface area contributed by atoms with Gasteiger partial charge < -0.3 is 9.72 Å². The molecule has 2 aromatic rings. The maximum absolute atomic E-state index is 11.5. The number of carbonyl (C=O) groups is 1. The molecule has 1 aromatic heterocycles. The molecule has 5 heteroatoms. The molecule has 0 aliphatic carbocycles. The third kappa shape index (κ3) is 4.93. The van der Waals surface area contributed by atoms with Crippen molar-refractivity contribution in [2.45, 2.75) is 38.5 Å². The second-order valence-electron chi connectivity index (χ2n) is 5.10. The minimum Gasteiger partial charge on any atom is -0.462 e. The second-order valence-corrected chi connectivity index (χ2v) is 6.07. The lowest BCUT2D eigenvalue weighted by Crippen LogP contribution is -2.13. The van der Waals surface area contributed by atoms with E-state index in [-0.39, 0.29) is 17.8 Å². The van der Waals surface area contributed by atoms with Crippen molar-refractivity contribution < 1.29 is 9.53 Å². The summed E-state index contributed by atoms with van der Waals surface area (Å²) in [6.45, 7) is 5.69. The summed E-state index contributed by atoms with van der Waals surface area (Å²) in [5, 5.41) is 0.763. The van der Waals surface area contributed by atoms with Crippen LogP contribution in [0, 0.1) is 6.92 Å². The van der Waals surface area contributed by atoms with Gasteiger partial charge in [-0.1, -0.05) is 42.1 Å². The summed E-state index contributed by atoms with van der Waals surface area (Å²) < 4.78 is 5.10. The van der Waals surface area contributed by atoms with E-state index in [9.17, 15) is 4.79 Å². The fourth-order valence-corrected chi connectivity index (χ4v) is 2.64. The van der Waals surface area contributed by atoms with Gasteiger partial charge in [0.25, 0.3) is 0 Å². The molecule has 0 spiro atoms. The number of H-pyrrole nitrogens is 1. The van der Waals surface area contributed by atoms with Crippen LogP contribution in [0.1, 0.15) is 30.8 Å². The number of aryl methyl sites for hydroxylation is 1. The molecule has 2 rings (SSSR count). The largest absolute Gasteiger partial charge is 0.462 e. The summed E-state index contributed by atoms with van der Waals surface area (Å²) in [4.78, 5) is 19.3. The third-order valence-corrected chi connectivity index (χ3v) is 3.72. The maximum atomic E-state index is 11.5. The molecule has 0 saturated heterocycles.